The number of non-ortho nitro benzene ring substituents is 1. The second kappa shape index (κ2) is 11.0. The summed E-state index contributed by atoms with van der Waals surface area (Å²) in [6.07, 6.45) is 2.12. The van der Waals surface area contributed by atoms with Crippen LogP contribution in [0.1, 0.15) is 21.5 Å². The molecule has 0 saturated heterocycles. The highest BCUT2D eigenvalue weighted by Gasteiger charge is 2.16. The van der Waals surface area contributed by atoms with Crippen LogP contribution in [-0.2, 0) is 11.2 Å². The highest BCUT2D eigenvalue weighted by molar-refractivity contribution is 9.10. The normalized spacial score (nSPS) is 11.0. The van der Waals surface area contributed by atoms with Crippen molar-refractivity contribution in [2.75, 3.05) is 6.54 Å². The highest BCUT2D eigenvalue weighted by atomic mass is 79.9. The van der Waals surface area contributed by atoms with Gasteiger partial charge in [-0.25, -0.2) is 0 Å². The molecule has 7 nitrogen and oxygen atoms in total. The quantitative estimate of drug-likeness (QED) is 0.274. The van der Waals surface area contributed by atoms with E-state index in [4.69, 9.17) is 0 Å². The fraction of sp³-hybridized carbons (Fsp3) is 0.0833. The number of benzene rings is 3. The van der Waals surface area contributed by atoms with Crippen LogP contribution in [0.4, 0.5) is 5.69 Å². The maximum absolute atomic E-state index is 12.9. The van der Waals surface area contributed by atoms with E-state index in [1.807, 2.05) is 30.3 Å². The molecule has 2 N–H and O–H groups in total. The Morgan fingerprint density at radius 2 is 1.59 bits per heavy atom. The lowest BCUT2D eigenvalue weighted by Crippen LogP contribution is -2.35. The molecule has 0 saturated carbocycles. The van der Waals surface area contributed by atoms with E-state index in [-0.39, 0.29) is 11.4 Å². The lowest BCUT2D eigenvalue weighted by atomic mass is 10.1. The van der Waals surface area contributed by atoms with Crippen molar-refractivity contribution in [2.24, 2.45) is 0 Å². The van der Waals surface area contributed by atoms with E-state index in [2.05, 4.69) is 26.6 Å². The first-order valence-corrected chi connectivity index (χ1v) is 10.6. The van der Waals surface area contributed by atoms with Gasteiger partial charge < -0.3 is 10.6 Å². The maximum atomic E-state index is 12.9. The van der Waals surface area contributed by atoms with E-state index in [1.165, 1.54) is 30.3 Å². The zero-order chi connectivity index (χ0) is 22.9. The minimum absolute atomic E-state index is 0.0349. The summed E-state index contributed by atoms with van der Waals surface area (Å²) in [5.41, 5.74) is 1.96. The number of hydrogen-bond donors (Lipinski definition) is 2. The molecular formula is C24H20BrN3O4. The molecule has 3 rings (SSSR count). The zero-order valence-electron chi connectivity index (χ0n) is 17.0. The molecule has 3 aromatic carbocycles. The Labute approximate surface area is 193 Å². The second-order valence-electron chi connectivity index (χ2n) is 6.83. The van der Waals surface area contributed by atoms with Crippen LogP contribution in [-0.4, -0.2) is 23.3 Å². The SMILES string of the molecule is O=C(NCCc1ccccc1)C(=Cc1ccc([N+](=O)[O-])cc1)NC(=O)c1ccccc1Br. The van der Waals surface area contributed by atoms with Crippen LogP contribution in [0.2, 0.25) is 0 Å². The summed E-state index contributed by atoms with van der Waals surface area (Å²) in [6.45, 7) is 0.380. The van der Waals surface area contributed by atoms with Gasteiger partial charge in [-0.05, 0) is 63.8 Å². The number of nitro benzene ring substituents is 1. The number of nitrogens with zero attached hydrogens (tertiary/aromatic N) is 1. The van der Waals surface area contributed by atoms with Gasteiger partial charge in [-0.3, -0.25) is 19.7 Å². The number of rotatable bonds is 8. The molecule has 0 fully saturated rings. The fourth-order valence-electron chi connectivity index (χ4n) is 2.91. The van der Waals surface area contributed by atoms with Crippen molar-refractivity contribution in [3.05, 3.63) is 116 Å². The summed E-state index contributed by atoms with van der Waals surface area (Å²) < 4.78 is 0.594. The third kappa shape index (κ3) is 6.36. The monoisotopic (exact) mass is 493 g/mol. The molecule has 2 amide bonds. The molecule has 0 heterocycles. The molecule has 0 spiro atoms. The van der Waals surface area contributed by atoms with E-state index in [1.54, 1.807) is 24.3 Å². The number of nitro groups is 1. The third-order valence-electron chi connectivity index (χ3n) is 4.57. The van der Waals surface area contributed by atoms with Gasteiger partial charge in [0.2, 0.25) is 0 Å². The van der Waals surface area contributed by atoms with Crippen molar-refractivity contribution in [2.45, 2.75) is 6.42 Å². The summed E-state index contributed by atoms with van der Waals surface area (Å²) in [5.74, 6) is -0.913. The van der Waals surface area contributed by atoms with Gasteiger partial charge in [0, 0.05) is 23.2 Å². The van der Waals surface area contributed by atoms with Crippen LogP contribution in [0, 0.1) is 10.1 Å². The van der Waals surface area contributed by atoms with Crippen LogP contribution in [0.15, 0.2) is 89.0 Å². The lowest BCUT2D eigenvalue weighted by molar-refractivity contribution is -0.384. The Morgan fingerprint density at radius 3 is 2.25 bits per heavy atom. The van der Waals surface area contributed by atoms with Gasteiger partial charge in [0.15, 0.2) is 0 Å². The molecule has 0 radical (unpaired) electrons. The van der Waals surface area contributed by atoms with Gasteiger partial charge in [0.05, 0.1) is 10.5 Å². The predicted molar refractivity (Wildman–Crippen MR) is 126 cm³/mol. The average molecular weight is 494 g/mol. The Morgan fingerprint density at radius 1 is 0.938 bits per heavy atom. The molecule has 32 heavy (non-hydrogen) atoms. The fourth-order valence-corrected chi connectivity index (χ4v) is 3.38. The first-order valence-electron chi connectivity index (χ1n) is 9.78. The number of carbonyl (C=O) groups excluding carboxylic acids is 2. The summed E-state index contributed by atoms with van der Waals surface area (Å²) >= 11 is 3.34. The van der Waals surface area contributed by atoms with Crippen molar-refractivity contribution >= 4 is 39.5 Å². The molecule has 162 valence electrons. The second-order valence-corrected chi connectivity index (χ2v) is 7.69. The van der Waals surface area contributed by atoms with Gasteiger partial charge >= 0.3 is 0 Å². The van der Waals surface area contributed by atoms with Gasteiger partial charge in [0.25, 0.3) is 17.5 Å². The Hall–Kier alpha value is -3.78. The van der Waals surface area contributed by atoms with Crippen molar-refractivity contribution < 1.29 is 14.5 Å². The number of carbonyl (C=O) groups is 2. The topological polar surface area (TPSA) is 101 Å². The molecule has 8 heteroatoms. The third-order valence-corrected chi connectivity index (χ3v) is 5.26. The maximum Gasteiger partial charge on any atom is 0.269 e. The van der Waals surface area contributed by atoms with Crippen molar-refractivity contribution in [3.8, 4) is 0 Å². The molecule has 0 aliphatic rings. The average Bonchev–Trinajstić information content (AvgIpc) is 2.80. The summed E-state index contributed by atoms with van der Waals surface area (Å²) in [6, 6.07) is 22.3. The Kier molecular flexibility index (Phi) is 7.88. The van der Waals surface area contributed by atoms with E-state index in [0.717, 1.165) is 5.56 Å². The van der Waals surface area contributed by atoms with Crippen LogP contribution in [0.5, 0.6) is 0 Å². The molecule has 0 bridgehead atoms. The highest BCUT2D eigenvalue weighted by Crippen LogP contribution is 2.17. The van der Waals surface area contributed by atoms with Gasteiger partial charge in [-0.2, -0.15) is 0 Å². The van der Waals surface area contributed by atoms with Crippen LogP contribution >= 0.6 is 15.9 Å². The minimum atomic E-state index is -0.501. The smallest absolute Gasteiger partial charge is 0.269 e. The van der Waals surface area contributed by atoms with E-state index >= 15 is 0 Å². The first kappa shape index (κ1) is 22.9. The largest absolute Gasteiger partial charge is 0.350 e. The van der Waals surface area contributed by atoms with Gasteiger partial charge in [0.1, 0.15) is 5.70 Å². The van der Waals surface area contributed by atoms with Crippen LogP contribution < -0.4 is 10.6 Å². The van der Waals surface area contributed by atoms with Crippen LogP contribution in [0.25, 0.3) is 6.08 Å². The molecule has 3 aromatic rings. The van der Waals surface area contributed by atoms with Crippen molar-refractivity contribution in [1.29, 1.82) is 0 Å². The summed E-state index contributed by atoms with van der Waals surface area (Å²) in [5, 5.41) is 16.3. The summed E-state index contributed by atoms with van der Waals surface area (Å²) in [4.78, 5) is 36.0. The Bertz CT molecular complexity index is 1150. The molecule has 0 aromatic heterocycles. The van der Waals surface area contributed by atoms with Gasteiger partial charge in [-0.1, -0.05) is 42.5 Å². The number of hydrogen-bond acceptors (Lipinski definition) is 4. The molecule has 0 aliphatic heterocycles. The van der Waals surface area contributed by atoms with E-state index < -0.39 is 16.7 Å². The van der Waals surface area contributed by atoms with Crippen molar-refractivity contribution in [3.63, 3.8) is 0 Å². The van der Waals surface area contributed by atoms with Crippen molar-refractivity contribution in [1.82, 2.24) is 10.6 Å². The standard InChI is InChI=1S/C24H20BrN3O4/c25-21-9-5-4-8-20(21)23(29)27-22(16-18-10-12-19(13-11-18)28(31)32)24(30)26-15-14-17-6-2-1-3-7-17/h1-13,16H,14-15H2,(H,26,30)(H,27,29). The van der Waals surface area contributed by atoms with E-state index in [0.29, 0.717) is 28.6 Å². The molecule has 0 unspecified atom stereocenters. The molecule has 0 atom stereocenters. The Balaban J connectivity index is 1.79. The molecular weight excluding hydrogens is 474 g/mol. The van der Waals surface area contributed by atoms with E-state index in [9.17, 15) is 19.7 Å². The number of nitrogens with one attached hydrogen (secondary N) is 2. The molecule has 0 aliphatic carbocycles. The first-order chi connectivity index (χ1) is 15.4. The number of amides is 2. The predicted octanol–water partition coefficient (Wildman–Crippen LogP) is 4.49. The summed E-state index contributed by atoms with van der Waals surface area (Å²) in [7, 11) is 0. The van der Waals surface area contributed by atoms with Gasteiger partial charge in [-0.15, -0.1) is 0 Å². The lowest BCUT2D eigenvalue weighted by Gasteiger charge is -2.12. The minimum Gasteiger partial charge on any atom is -0.350 e. The number of halogens is 1. The van der Waals surface area contributed by atoms with Crippen LogP contribution in [0.3, 0.4) is 0 Å². The zero-order valence-corrected chi connectivity index (χ0v) is 18.5.